The van der Waals surface area contributed by atoms with E-state index in [0.717, 1.165) is 4.90 Å². The average Bonchev–Trinajstić information content (AvgIpc) is 2.50. The second-order valence-electron chi connectivity index (χ2n) is 6.51. The summed E-state index contributed by atoms with van der Waals surface area (Å²) in [7, 11) is 0. The number of carbonyl (C=O) groups is 2. The van der Waals surface area contributed by atoms with Crippen LogP contribution >= 0.6 is 0 Å². The average molecular weight is 337 g/mol. The van der Waals surface area contributed by atoms with Crippen molar-refractivity contribution in [2.24, 2.45) is 0 Å². The monoisotopic (exact) mass is 337 g/mol. The molecule has 1 aromatic rings. The topological polar surface area (TPSA) is 122 Å². The van der Waals surface area contributed by atoms with E-state index in [2.05, 4.69) is 0 Å². The smallest absolute Gasteiger partial charge is 0.411 e. The minimum absolute atomic E-state index is 0.0238. The number of carbonyl (C=O) groups excluding carboxylic acids is 2. The lowest BCUT2D eigenvalue weighted by molar-refractivity contribution is -0.385. The predicted octanol–water partition coefficient (Wildman–Crippen LogP) is 1.76. The van der Waals surface area contributed by atoms with Gasteiger partial charge >= 0.3 is 6.09 Å². The zero-order valence-corrected chi connectivity index (χ0v) is 13.6. The second kappa shape index (κ2) is 6.44. The quantitative estimate of drug-likeness (QED) is 0.482. The van der Waals surface area contributed by atoms with Gasteiger partial charge in [0.25, 0.3) is 11.6 Å². The molecule has 9 heteroatoms. The highest BCUT2D eigenvalue weighted by Crippen LogP contribution is 2.28. The molecule has 0 aromatic heterocycles. The van der Waals surface area contributed by atoms with Crippen LogP contribution in [-0.2, 0) is 22.5 Å². The summed E-state index contributed by atoms with van der Waals surface area (Å²) in [5, 5.41) is 19.8. The Bertz CT molecular complexity index is 682. The van der Waals surface area contributed by atoms with Crippen molar-refractivity contribution < 1.29 is 24.5 Å². The summed E-state index contributed by atoms with van der Waals surface area (Å²) in [6, 6.07) is 3.31. The third kappa shape index (κ3) is 3.80. The fraction of sp³-hybridized carbons (Fsp3) is 0.467. The van der Waals surface area contributed by atoms with Crippen LogP contribution in [0.2, 0.25) is 0 Å². The minimum Gasteiger partial charge on any atom is -0.444 e. The molecule has 0 bridgehead atoms. The van der Waals surface area contributed by atoms with Gasteiger partial charge in [0, 0.05) is 18.6 Å². The molecule has 2 rings (SSSR count). The first-order chi connectivity index (χ1) is 11.1. The first-order valence-electron chi connectivity index (χ1n) is 7.32. The highest BCUT2D eigenvalue weighted by molar-refractivity contribution is 5.85. The first kappa shape index (κ1) is 17.7. The van der Waals surface area contributed by atoms with Gasteiger partial charge in [0.05, 0.1) is 11.5 Å². The molecular formula is C15H19N3O6. The largest absolute Gasteiger partial charge is 0.444 e. The molecule has 130 valence electrons. The van der Waals surface area contributed by atoms with Crippen molar-refractivity contribution in [3.8, 4) is 0 Å². The Balaban J connectivity index is 2.37. The Morgan fingerprint density at radius 2 is 2.04 bits per heavy atom. The van der Waals surface area contributed by atoms with Crippen LogP contribution in [0, 0.1) is 10.1 Å². The molecule has 24 heavy (non-hydrogen) atoms. The molecule has 9 nitrogen and oxygen atoms in total. The predicted molar refractivity (Wildman–Crippen MR) is 82.3 cm³/mol. The normalized spacial score (nSPS) is 17.0. The Hall–Kier alpha value is -2.68. The van der Waals surface area contributed by atoms with Crippen molar-refractivity contribution in [3.63, 3.8) is 0 Å². The molecule has 0 fully saturated rings. The molecule has 0 saturated heterocycles. The van der Waals surface area contributed by atoms with E-state index in [9.17, 15) is 19.7 Å². The molecule has 0 spiro atoms. The lowest BCUT2D eigenvalue weighted by Gasteiger charge is -2.36. The van der Waals surface area contributed by atoms with Crippen LogP contribution in [0.4, 0.5) is 10.5 Å². The summed E-state index contributed by atoms with van der Waals surface area (Å²) in [6.07, 6.45) is -0.604. The number of hydrogen-bond donors (Lipinski definition) is 2. The second-order valence-corrected chi connectivity index (χ2v) is 6.51. The van der Waals surface area contributed by atoms with E-state index in [1.54, 1.807) is 32.3 Å². The molecule has 0 saturated carbocycles. The number of nitro benzene ring substituents is 1. The van der Waals surface area contributed by atoms with Crippen molar-refractivity contribution in [2.45, 2.75) is 45.4 Å². The maximum Gasteiger partial charge on any atom is 0.411 e. The summed E-state index contributed by atoms with van der Waals surface area (Å²) in [5.41, 5.74) is 1.96. The van der Waals surface area contributed by atoms with E-state index in [1.807, 2.05) is 0 Å². The fourth-order valence-corrected chi connectivity index (χ4v) is 2.51. The van der Waals surface area contributed by atoms with Gasteiger partial charge in [0.1, 0.15) is 11.6 Å². The molecule has 2 amide bonds. The number of nitro groups is 1. The number of nitrogens with zero attached hydrogens (tertiary/aromatic N) is 2. The Morgan fingerprint density at radius 3 is 2.58 bits per heavy atom. The van der Waals surface area contributed by atoms with E-state index in [0.29, 0.717) is 11.1 Å². The van der Waals surface area contributed by atoms with Crippen molar-refractivity contribution in [2.75, 3.05) is 0 Å². The number of benzene rings is 1. The van der Waals surface area contributed by atoms with Crippen molar-refractivity contribution in [1.82, 2.24) is 10.4 Å². The van der Waals surface area contributed by atoms with E-state index < -0.39 is 28.6 Å². The van der Waals surface area contributed by atoms with Gasteiger partial charge in [-0.25, -0.2) is 10.3 Å². The lowest BCUT2D eigenvalue weighted by Crippen LogP contribution is -2.53. The van der Waals surface area contributed by atoms with Crippen LogP contribution in [0.15, 0.2) is 18.2 Å². The van der Waals surface area contributed by atoms with Crippen molar-refractivity contribution in [3.05, 3.63) is 39.4 Å². The summed E-state index contributed by atoms with van der Waals surface area (Å²) in [5.74, 6) is -0.745. The van der Waals surface area contributed by atoms with Gasteiger partial charge < -0.3 is 4.74 Å². The molecule has 1 atom stereocenters. The molecule has 0 radical (unpaired) electrons. The SMILES string of the molecule is CC(C)(C)OC(=O)N1Cc2cc([N+](=O)[O-])ccc2C[C@H]1C(=O)NO. The number of non-ortho nitro benzene ring substituents is 1. The number of hydroxylamine groups is 1. The Kier molecular flexibility index (Phi) is 4.74. The number of hydrogen-bond acceptors (Lipinski definition) is 6. The van der Waals surface area contributed by atoms with Gasteiger partial charge in [-0.3, -0.25) is 25.0 Å². The standard InChI is InChI=1S/C15H19N3O6/c1-15(2,3)24-14(20)17-8-10-6-11(18(22)23)5-4-9(10)7-12(17)13(19)16-21/h4-6,12,21H,7-8H2,1-3H3,(H,16,19)/t12-/m0/s1. The number of amides is 2. The molecule has 0 aliphatic carbocycles. The molecule has 0 unspecified atom stereocenters. The first-order valence-corrected chi connectivity index (χ1v) is 7.32. The van der Waals surface area contributed by atoms with Crippen molar-refractivity contribution in [1.29, 1.82) is 0 Å². The van der Waals surface area contributed by atoms with E-state index in [-0.39, 0.29) is 18.7 Å². The summed E-state index contributed by atoms with van der Waals surface area (Å²) >= 11 is 0. The van der Waals surface area contributed by atoms with Gasteiger partial charge in [0.15, 0.2) is 0 Å². The summed E-state index contributed by atoms with van der Waals surface area (Å²) in [4.78, 5) is 35.8. The zero-order valence-electron chi connectivity index (χ0n) is 13.6. The minimum atomic E-state index is -0.959. The highest BCUT2D eigenvalue weighted by Gasteiger charge is 2.37. The van der Waals surface area contributed by atoms with Crippen LogP contribution in [-0.4, -0.2) is 38.7 Å². The summed E-state index contributed by atoms with van der Waals surface area (Å²) in [6.45, 7) is 5.04. The van der Waals surface area contributed by atoms with Gasteiger partial charge in [0.2, 0.25) is 0 Å². The van der Waals surface area contributed by atoms with E-state index >= 15 is 0 Å². The molecule has 1 aliphatic rings. The Labute approximate surface area is 138 Å². The van der Waals surface area contributed by atoms with E-state index in [1.165, 1.54) is 12.1 Å². The van der Waals surface area contributed by atoms with Gasteiger partial charge in [-0.05, 0) is 31.9 Å². The van der Waals surface area contributed by atoms with Crippen molar-refractivity contribution >= 4 is 17.7 Å². The third-order valence-corrected chi connectivity index (χ3v) is 3.57. The van der Waals surface area contributed by atoms with E-state index in [4.69, 9.17) is 9.94 Å². The number of nitrogens with one attached hydrogen (secondary N) is 1. The third-order valence-electron chi connectivity index (χ3n) is 3.57. The zero-order chi connectivity index (χ0) is 18.1. The number of ether oxygens (including phenoxy) is 1. The fourth-order valence-electron chi connectivity index (χ4n) is 2.51. The molecule has 2 N–H and O–H groups in total. The van der Waals surface area contributed by atoms with Gasteiger partial charge in [-0.15, -0.1) is 0 Å². The maximum absolute atomic E-state index is 12.4. The highest BCUT2D eigenvalue weighted by atomic mass is 16.6. The van der Waals surface area contributed by atoms with Crippen LogP contribution < -0.4 is 5.48 Å². The number of rotatable bonds is 2. The van der Waals surface area contributed by atoms with Crippen LogP contribution in [0.1, 0.15) is 31.9 Å². The van der Waals surface area contributed by atoms with Crippen LogP contribution in [0.3, 0.4) is 0 Å². The van der Waals surface area contributed by atoms with Crippen LogP contribution in [0.5, 0.6) is 0 Å². The number of fused-ring (bicyclic) bond motifs is 1. The van der Waals surface area contributed by atoms with Gasteiger partial charge in [-0.1, -0.05) is 6.07 Å². The summed E-state index contributed by atoms with van der Waals surface area (Å²) < 4.78 is 5.29. The molecule has 1 aliphatic heterocycles. The maximum atomic E-state index is 12.4. The molecule has 1 heterocycles. The Morgan fingerprint density at radius 1 is 1.38 bits per heavy atom. The molecule has 1 aromatic carbocycles. The van der Waals surface area contributed by atoms with Crippen LogP contribution in [0.25, 0.3) is 0 Å². The lowest BCUT2D eigenvalue weighted by atomic mass is 9.93. The molecular weight excluding hydrogens is 318 g/mol. The van der Waals surface area contributed by atoms with Gasteiger partial charge in [-0.2, -0.15) is 0 Å².